The monoisotopic (exact) mass is 128 g/mol. The summed E-state index contributed by atoms with van der Waals surface area (Å²) >= 11 is 0. The van der Waals surface area contributed by atoms with E-state index in [1.54, 1.807) is 0 Å². The van der Waals surface area contributed by atoms with Gasteiger partial charge in [0.25, 0.3) is 0 Å². The van der Waals surface area contributed by atoms with Crippen molar-refractivity contribution in [2.24, 2.45) is 5.92 Å². The van der Waals surface area contributed by atoms with Gasteiger partial charge in [-0.1, -0.05) is 20.8 Å². The molecule has 1 aliphatic rings. The van der Waals surface area contributed by atoms with Gasteiger partial charge in [0.05, 0.1) is 12.2 Å². The maximum absolute atomic E-state index is 5.38. The van der Waals surface area contributed by atoms with Gasteiger partial charge in [-0.15, -0.1) is 0 Å². The SMILES string of the molecule is CCC1OC1CC(C)C. The first-order valence-electron chi connectivity index (χ1n) is 3.89. The van der Waals surface area contributed by atoms with Gasteiger partial charge in [0.2, 0.25) is 0 Å². The molecule has 1 heterocycles. The molecule has 0 N–H and O–H groups in total. The van der Waals surface area contributed by atoms with E-state index in [9.17, 15) is 0 Å². The summed E-state index contributed by atoms with van der Waals surface area (Å²) in [5.41, 5.74) is 0. The minimum Gasteiger partial charge on any atom is -0.370 e. The zero-order valence-electron chi connectivity index (χ0n) is 6.55. The minimum atomic E-state index is 0.604. The van der Waals surface area contributed by atoms with Crippen molar-refractivity contribution in [3.63, 3.8) is 0 Å². The van der Waals surface area contributed by atoms with Crippen LogP contribution < -0.4 is 0 Å². The lowest BCUT2D eigenvalue weighted by Gasteiger charge is -1.97. The third-order valence-corrected chi connectivity index (χ3v) is 1.79. The van der Waals surface area contributed by atoms with E-state index in [2.05, 4.69) is 20.8 Å². The van der Waals surface area contributed by atoms with Crippen LogP contribution in [0.1, 0.15) is 33.6 Å². The van der Waals surface area contributed by atoms with E-state index in [1.165, 1.54) is 12.8 Å². The molecule has 0 aromatic carbocycles. The molecule has 1 nitrogen and oxygen atoms in total. The highest BCUT2D eigenvalue weighted by Crippen LogP contribution is 2.30. The molecule has 9 heavy (non-hydrogen) atoms. The predicted molar refractivity (Wildman–Crippen MR) is 38.4 cm³/mol. The summed E-state index contributed by atoms with van der Waals surface area (Å²) in [4.78, 5) is 0. The normalized spacial score (nSPS) is 33.3. The molecule has 1 aliphatic heterocycles. The van der Waals surface area contributed by atoms with Crippen molar-refractivity contribution in [2.75, 3.05) is 0 Å². The van der Waals surface area contributed by atoms with Gasteiger partial charge in [-0.05, 0) is 18.8 Å². The molecule has 1 rings (SSSR count). The zero-order chi connectivity index (χ0) is 6.85. The van der Waals surface area contributed by atoms with Gasteiger partial charge < -0.3 is 4.74 Å². The predicted octanol–water partition coefficient (Wildman–Crippen LogP) is 2.21. The topological polar surface area (TPSA) is 12.5 Å². The van der Waals surface area contributed by atoms with E-state index in [-0.39, 0.29) is 0 Å². The van der Waals surface area contributed by atoms with Crippen LogP contribution in [0.3, 0.4) is 0 Å². The lowest BCUT2D eigenvalue weighted by Crippen LogP contribution is -1.97. The maximum Gasteiger partial charge on any atom is 0.0844 e. The third-order valence-electron chi connectivity index (χ3n) is 1.79. The Morgan fingerprint density at radius 1 is 1.33 bits per heavy atom. The van der Waals surface area contributed by atoms with Crippen LogP contribution in [-0.4, -0.2) is 12.2 Å². The molecule has 2 unspecified atom stereocenters. The molecule has 0 aliphatic carbocycles. The van der Waals surface area contributed by atoms with E-state index in [0.29, 0.717) is 12.2 Å². The summed E-state index contributed by atoms with van der Waals surface area (Å²) in [6.45, 7) is 6.67. The first kappa shape index (κ1) is 7.07. The number of hydrogen-bond acceptors (Lipinski definition) is 1. The summed E-state index contributed by atoms with van der Waals surface area (Å²) in [7, 11) is 0. The number of ether oxygens (including phenoxy) is 1. The van der Waals surface area contributed by atoms with Crippen LogP contribution in [0.2, 0.25) is 0 Å². The van der Waals surface area contributed by atoms with Gasteiger partial charge in [-0.25, -0.2) is 0 Å². The van der Waals surface area contributed by atoms with E-state index >= 15 is 0 Å². The van der Waals surface area contributed by atoms with Crippen molar-refractivity contribution in [2.45, 2.75) is 45.8 Å². The van der Waals surface area contributed by atoms with E-state index in [4.69, 9.17) is 4.74 Å². The summed E-state index contributed by atoms with van der Waals surface area (Å²) in [5, 5.41) is 0. The van der Waals surface area contributed by atoms with Crippen LogP contribution in [0.25, 0.3) is 0 Å². The van der Waals surface area contributed by atoms with Crippen LogP contribution >= 0.6 is 0 Å². The second-order valence-electron chi connectivity index (χ2n) is 3.25. The first-order chi connectivity index (χ1) is 4.24. The molecule has 0 aromatic heterocycles. The average molecular weight is 128 g/mol. The number of hydrogen-bond donors (Lipinski definition) is 0. The van der Waals surface area contributed by atoms with Crippen LogP contribution in [0, 0.1) is 5.92 Å². The Balaban J connectivity index is 2.05. The Labute approximate surface area is 57.4 Å². The van der Waals surface area contributed by atoms with Gasteiger partial charge >= 0.3 is 0 Å². The molecular weight excluding hydrogens is 112 g/mol. The summed E-state index contributed by atoms with van der Waals surface area (Å²) in [6.07, 6.45) is 3.65. The molecule has 2 atom stereocenters. The highest BCUT2D eigenvalue weighted by Gasteiger charge is 2.36. The second-order valence-corrected chi connectivity index (χ2v) is 3.25. The van der Waals surface area contributed by atoms with E-state index in [0.717, 1.165) is 5.92 Å². The van der Waals surface area contributed by atoms with E-state index in [1.807, 2.05) is 0 Å². The molecule has 0 spiro atoms. The summed E-state index contributed by atoms with van der Waals surface area (Å²) in [6, 6.07) is 0. The van der Waals surface area contributed by atoms with Gasteiger partial charge in [-0.2, -0.15) is 0 Å². The molecule has 0 saturated carbocycles. The van der Waals surface area contributed by atoms with Gasteiger partial charge in [0, 0.05) is 0 Å². The Bertz CT molecular complexity index is 88.6. The molecule has 0 aromatic rings. The van der Waals surface area contributed by atoms with Crippen molar-refractivity contribution < 1.29 is 4.74 Å². The molecule has 0 radical (unpaired) electrons. The lowest BCUT2D eigenvalue weighted by molar-refractivity contribution is 0.344. The molecule has 54 valence electrons. The van der Waals surface area contributed by atoms with Crippen LogP contribution in [-0.2, 0) is 4.74 Å². The van der Waals surface area contributed by atoms with Crippen molar-refractivity contribution >= 4 is 0 Å². The van der Waals surface area contributed by atoms with Crippen LogP contribution in [0.15, 0.2) is 0 Å². The van der Waals surface area contributed by atoms with Crippen molar-refractivity contribution in [3.8, 4) is 0 Å². The van der Waals surface area contributed by atoms with Crippen LogP contribution in [0.5, 0.6) is 0 Å². The number of epoxide rings is 1. The molecular formula is C8H16O. The average Bonchev–Trinajstić information content (AvgIpc) is 2.45. The fourth-order valence-electron chi connectivity index (χ4n) is 1.21. The Morgan fingerprint density at radius 2 is 2.00 bits per heavy atom. The summed E-state index contributed by atoms with van der Waals surface area (Å²) < 4.78 is 5.38. The zero-order valence-corrected chi connectivity index (χ0v) is 6.55. The van der Waals surface area contributed by atoms with Crippen molar-refractivity contribution in [1.29, 1.82) is 0 Å². The molecule has 1 fully saturated rings. The van der Waals surface area contributed by atoms with Gasteiger partial charge in [0.15, 0.2) is 0 Å². The Hall–Kier alpha value is -0.0400. The largest absolute Gasteiger partial charge is 0.370 e. The Kier molecular flexibility index (Phi) is 2.12. The van der Waals surface area contributed by atoms with Crippen molar-refractivity contribution in [1.82, 2.24) is 0 Å². The molecule has 1 saturated heterocycles. The smallest absolute Gasteiger partial charge is 0.0844 e. The summed E-state index contributed by atoms with van der Waals surface area (Å²) in [5.74, 6) is 0.798. The van der Waals surface area contributed by atoms with Gasteiger partial charge in [-0.3, -0.25) is 0 Å². The quantitative estimate of drug-likeness (QED) is 0.531. The minimum absolute atomic E-state index is 0.604. The fourth-order valence-corrected chi connectivity index (χ4v) is 1.21. The lowest BCUT2D eigenvalue weighted by atomic mass is 10.1. The third kappa shape index (κ3) is 1.98. The second kappa shape index (κ2) is 2.70. The first-order valence-corrected chi connectivity index (χ1v) is 3.89. The molecule has 0 amide bonds. The van der Waals surface area contributed by atoms with E-state index < -0.39 is 0 Å². The number of rotatable bonds is 3. The highest BCUT2D eigenvalue weighted by atomic mass is 16.6. The molecule has 0 bridgehead atoms. The molecule has 1 heteroatoms. The van der Waals surface area contributed by atoms with Gasteiger partial charge in [0.1, 0.15) is 0 Å². The van der Waals surface area contributed by atoms with Crippen molar-refractivity contribution in [3.05, 3.63) is 0 Å². The maximum atomic E-state index is 5.38. The fraction of sp³-hybridized carbons (Fsp3) is 1.00. The van der Waals surface area contributed by atoms with Crippen LogP contribution in [0.4, 0.5) is 0 Å². The Morgan fingerprint density at radius 3 is 2.33 bits per heavy atom. The standard InChI is InChI=1S/C8H16O/c1-4-7-8(9-7)5-6(2)3/h6-8H,4-5H2,1-3H3. The highest BCUT2D eigenvalue weighted by molar-refractivity contribution is 4.83.